The Labute approximate surface area is 134 Å². The van der Waals surface area contributed by atoms with Crippen LogP contribution in [-0.2, 0) is 4.79 Å². The van der Waals surface area contributed by atoms with Gasteiger partial charge in [0.1, 0.15) is 0 Å². The molecule has 1 aliphatic rings. The highest BCUT2D eigenvalue weighted by Crippen LogP contribution is 2.15. The number of pyridine rings is 1. The molecule has 3 rings (SSSR count). The Balaban J connectivity index is 1.64. The van der Waals surface area contributed by atoms with Gasteiger partial charge in [-0.2, -0.15) is 0 Å². The van der Waals surface area contributed by atoms with Crippen LogP contribution >= 0.6 is 0 Å². The number of nitrogens with one attached hydrogen (secondary N) is 2. The van der Waals surface area contributed by atoms with Crippen molar-refractivity contribution in [3.63, 3.8) is 0 Å². The van der Waals surface area contributed by atoms with Gasteiger partial charge in [-0.1, -0.05) is 18.2 Å². The summed E-state index contributed by atoms with van der Waals surface area (Å²) in [5.41, 5.74) is 1.26. The summed E-state index contributed by atoms with van der Waals surface area (Å²) in [6.07, 6.45) is 4.52. The molecule has 118 valence electrons. The number of hydrogen-bond acceptors (Lipinski definition) is 4. The van der Waals surface area contributed by atoms with Gasteiger partial charge in [0.25, 0.3) is 5.91 Å². The van der Waals surface area contributed by atoms with Gasteiger partial charge in [0.05, 0.1) is 23.7 Å². The van der Waals surface area contributed by atoms with Crippen LogP contribution in [0.15, 0.2) is 36.5 Å². The SMILES string of the molecule is N=CC1CCCN1C(=O)CNC(=O)c1cnc2ccccc2c1. The Morgan fingerprint density at radius 1 is 1.39 bits per heavy atom. The molecule has 2 N–H and O–H groups in total. The van der Waals surface area contributed by atoms with Gasteiger partial charge in [0.15, 0.2) is 0 Å². The molecule has 6 heteroatoms. The van der Waals surface area contributed by atoms with E-state index in [0.29, 0.717) is 12.1 Å². The lowest BCUT2D eigenvalue weighted by Gasteiger charge is -2.21. The van der Waals surface area contributed by atoms with Crippen LogP contribution in [0.25, 0.3) is 10.9 Å². The van der Waals surface area contributed by atoms with Gasteiger partial charge in [-0.15, -0.1) is 0 Å². The van der Waals surface area contributed by atoms with Crippen molar-refractivity contribution in [1.29, 1.82) is 5.41 Å². The third-order valence-electron chi connectivity index (χ3n) is 4.06. The number of benzene rings is 1. The number of aromatic nitrogens is 1. The first-order chi connectivity index (χ1) is 11.2. The van der Waals surface area contributed by atoms with Crippen LogP contribution in [-0.4, -0.2) is 47.0 Å². The number of fused-ring (bicyclic) bond motifs is 1. The van der Waals surface area contributed by atoms with Gasteiger partial charge >= 0.3 is 0 Å². The van der Waals surface area contributed by atoms with E-state index in [0.717, 1.165) is 23.7 Å². The fourth-order valence-corrected chi connectivity index (χ4v) is 2.83. The van der Waals surface area contributed by atoms with E-state index in [4.69, 9.17) is 5.41 Å². The van der Waals surface area contributed by atoms with E-state index < -0.39 is 0 Å². The molecule has 2 heterocycles. The molecule has 1 aliphatic heterocycles. The highest BCUT2D eigenvalue weighted by atomic mass is 16.2. The minimum Gasteiger partial charge on any atom is -0.343 e. The number of rotatable bonds is 4. The monoisotopic (exact) mass is 310 g/mol. The maximum absolute atomic E-state index is 12.2. The second-order valence-corrected chi connectivity index (χ2v) is 5.56. The third kappa shape index (κ3) is 3.21. The minimum atomic E-state index is -0.317. The predicted octanol–water partition coefficient (Wildman–Crippen LogP) is 1.61. The summed E-state index contributed by atoms with van der Waals surface area (Å²) in [6.45, 7) is 0.586. The molecular formula is C17H18N4O2. The fourth-order valence-electron chi connectivity index (χ4n) is 2.83. The predicted molar refractivity (Wildman–Crippen MR) is 87.6 cm³/mol. The quantitative estimate of drug-likeness (QED) is 0.841. The number of likely N-dealkylation sites (tertiary alicyclic amines) is 1. The number of amides is 2. The molecule has 1 aromatic heterocycles. The Morgan fingerprint density at radius 3 is 3.04 bits per heavy atom. The van der Waals surface area contributed by atoms with Crippen LogP contribution in [0.5, 0.6) is 0 Å². The molecular weight excluding hydrogens is 292 g/mol. The van der Waals surface area contributed by atoms with Crippen molar-refractivity contribution < 1.29 is 9.59 Å². The molecule has 1 unspecified atom stereocenters. The Hall–Kier alpha value is -2.76. The third-order valence-corrected chi connectivity index (χ3v) is 4.06. The largest absolute Gasteiger partial charge is 0.343 e. The van der Waals surface area contributed by atoms with E-state index in [9.17, 15) is 9.59 Å². The molecule has 1 fully saturated rings. The van der Waals surface area contributed by atoms with Crippen LogP contribution < -0.4 is 5.32 Å². The van der Waals surface area contributed by atoms with Crippen molar-refractivity contribution in [2.45, 2.75) is 18.9 Å². The van der Waals surface area contributed by atoms with Gasteiger partial charge in [-0.05, 0) is 25.0 Å². The zero-order valence-electron chi connectivity index (χ0n) is 12.7. The van der Waals surface area contributed by atoms with E-state index in [-0.39, 0.29) is 24.4 Å². The van der Waals surface area contributed by atoms with Crippen LogP contribution in [0, 0.1) is 5.41 Å². The normalized spacial score (nSPS) is 17.2. The number of carbonyl (C=O) groups is 2. The van der Waals surface area contributed by atoms with Gasteiger partial charge < -0.3 is 15.6 Å². The minimum absolute atomic E-state index is 0.0595. The van der Waals surface area contributed by atoms with Gasteiger partial charge in [0.2, 0.25) is 5.91 Å². The molecule has 0 bridgehead atoms. The maximum atomic E-state index is 12.2. The number of carbonyl (C=O) groups excluding carboxylic acids is 2. The van der Waals surface area contributed by atoms with Crippen molar-refractivity contribution in [1.82, 2.24) is 15.2 Å². The molecule has 2 aromatic rings. The Morgan fingerprint density at radius 2 is 2.22 bits per heavy atom. The molecule has 0 saturated carbocycles. The van der Waals surface area contributed by atoms with Crippen molar-refractivity contribution in [3.05, 3.63) is 42.1 Å². The average Bonchev–Trinajstić information content (AvgIpc) is 3.07. The van der Waals surface area contributed by atoms with E-state index >= 15 is 0 Å². The van der Waals surface area contributed by atoms with Crippen LogP contribution in [0.2, 0.25) is 0 Å². The molecule has 6 nitrogen and oxygen atoms in total. The van der Waals surface area contributed by atoms with Gasteiger partial charge in [-0.25, -0.2) is 0 Å². The van der Waals surface area contributed by atoms with Crippen molar-refractivity contribution in [3.8, 4) is 0 Å². The first-order valence-corrected chi connectivity index (χ1v) is 7.62. The van der Waals surface area contributed by atoms with Crippen LogP contribution in [0.3, 0.4) is 0 Å². The summed E-state index contributed by atoms with van der Waals surface area (Å²) >= 11 is 0. The van der Waals surface area contributed by atoms with E-state index in [1.807, 2.05) is 24.3 Å². The van der Waals surface area contributed by atoms with Crippen LogP contribution in [0.4, 0.5) is 0 Å². The van der Waals surface area contributed by atoms with Gasteiger partial charge in [0, 0.05) is 24.3 Å². The summed E-state index contributed by atoms with van der Waals surface area (Å²) in [5.74, 6) is -0.472. The molecule has 1 aromatic carbocycles. The smallest absolute Gasteiger partial charge is 0.253 e. The molecule has 0 radical (unpaired) electrons. The second-order valence-electron chi connectivity index (χ2n) is 5.56. The van der Waals surface area contributed by atoms with Gasteiger partial charge in [-0.3, -0.25) is 14.6 Å². The zero-order valence-corrected chi connectivity index (χ0v) is 12.7. The lowest BCUT2D eigenvalue weighted by atomic mass is 10.1. The van der Waals surface area contributed by atoms with E-state index in [1.165, 1.54) is 12.4 Å². The summed E-state index contributed by atoms with van der Waals surface area (Å²) in [6, 6.07) is 9.18. The lowest BCUT2D eigenvalue weighted by Crippen LogP contribution is -2.43. The lowest BCUT2D eigenvalue weighted by molar-refractivity contribution is -0.129. The summed E-state index contributed by atoms with van der Waals surface area (Å²) in [4.78, 5) is 30.2. The second kappa shape index (κ2) is 6.56. The molecule has 1 atom stereocenters. The number of para-hydroxylation sites is 1. The highest BCUT2D eigenvalue weighted by Gasteiger charge is 2.27. The van der Waals surface area contributed by atoms with E-state index in [1.54, 1.807) is 11.0 Å². The number of nitrogens with zero attached hydrogens (tertiary/aromatic N) is 2. The Kier molecular flexibility index (Phi) is 4.32. The molecule has 23 heavy (non-hydrogen) atoms. The maximum Gasteiger partial charge on any atom is 0.253 e. The number of hydrogen-bond donors (Lipinski definition) is 2. The van der Waals surface area contributed by atoms with Crippen molar-refractivity contribution in [2.24, 2.45) is 0 Å². The van der Waals surface area contributed by atoms with Crippen molar-refractivity contribution in [2.75, 3.05) is 13.1 Å². The summed E-state index contributed by atoms with van der Waals surface area (Å²) in [5, 5.41) is 10.9. The molecule has 2 amide bonds. The highest BCUT2D eigenvalue weighted by molar-refractivity contribution is 5.99. The van der Waals surface area contributed by atoms with Crippen LogP contribution in [0.1, 0.15) is 23.2 Å². The summed E-state index contributed by atoms with van der Waals surface area (Å²) < 4.78 is 0. The molecule has 0 spiro atoms. The topological polar surface area (TPSA) is 86.2 Å². The van der Waals surface area contributed by atoms with Crippen molar-refractivity contribution >= 4 is 28.9 Å². The first-order valence-electron chi connectivity index (χ1n) is 7.62. The fraction of sp³-hybridized carbons (Fsp3) is 0.294. The standard InChI is InChI=1S/C17H18N4O2/c18-9-14-5-3-7-21(14)16(22)11-20-17(23)13-8-12-4-1-2-6-15(12)19-10-13/h1-2,4,6,8-10,14,18H,3,5,7,11H2,(H,20,23). The summed E-state index contributed by atoms with van der Waals surface area (Å²) in [7, 11) is 0. The molecule has 1 saturated heterocycles. The van der Waals surface area contributed by atoms with E-state index in [2.05, 4.69) is 10.3 Å². The first kappa shape index (κ1) is 15.1. The average molecular weight is 310 g/mol. The Bertz CT molecular complexity index is 759. The zero-order chi connectivity index (χ0) is 16.2. The molecule has 0 aliphatic carbocycles.